The Labute approximate surface area is 105 Å². The van der Waals surface area contributed by atoms with E-state index in [4.69, 9.17) is 4.74 Å². The van der Waals surface area contributed by atoms with Crippen LogP contribution in [0, 0.1) is 6.92 Å². The number of nitrogens with one attached hydrogen (secondary N) is 2. The Bertz CT molecular complexity index is 535. The van der Waals surface area contributed by atoms with Crippen LogP contribution in [-0.4, -0.2) is 23.0 Å². The summed E-state index contributed by atoms with van der Waals surface area (Å²) in [5, 5.41) is 3.16. The van der Waals surface area contributed by atoms with Gasteiger partial charge in [0.05, 0.1) is 19.2 Å². The van der Waals surface area contributed by atoms with Crippen LogP contribution in [0.2, 0.25) is 0 Å². The largest absolute Gasteiger partial charge is 0.465 e. The predicted octanol–water partition coefficient (Wildman–Crippen LogP) is 2.12. The number of methoxy groups -OCH3 is 1. The number of imidazole rings is 1. The molecule has 5 heteroatoms. The molecular formula is C13H15N3O2. The van der Waals surface area contributed by atoms with Gasteiger partial charge in [-0.25, -0.2) is 9.78 Å². The van der Waals surface area contributed by atoms with Crippen LogP contribution in [0.1, 0.15) is 21.7 Å². The van der Waals surface area contributed by atoms with Crippen molar-refractivity contribution in [3.63, 3.8) is 0 Å². The van der Waals surface area contributed by atoms with Gasteiger partial charge < -0.3 is 15.0 Å². The number of hydrogen-bond donors (Lipinski definition) is 2. The minimum atomic E-state index is -0.347. The first kappa shape index (κ1) is 12.2. The number of carbonyl (C=O) groups excluding carboxylic acids is 1. The van der Waals surface area contributed by atoms with Crippen LogP contribution in [0.4, 0.5) is 5.69 Å². The second kappa shape index (κ2) is 5.35. The molecule has 0 spiro atoms. The summed E-state index contributed by atoms with van der Waals surface area (Å²) in [5.74, 6) is 0.465. The number of carbonyl (C=O) groups is 1. The lowest BCUT2D eigenvalue weighted by Gasteiger charge is -2.10. The monoisotopic (exact) mass is 245 g/mol. The Kier molecular flexibility index (Phi) is 3.62. The molecular weight excluding hydrogens is 230 g/mol. The number of rotatable bonds is 4. The molecule has 0 aliphatic rings. The Morgan fingerprint density at radius 2 is 2.33 bits per heavy atom. The van der Waals surface area contributed by atoms with Gasteiger partial charge in [-0.3, -0.25) is 0 Å². The van der Waals surface area contributed by atoms with E-state index in [0.29, 0.717) is 12.1 Å². The number of nitrogens with zero attached hydrogens (tertiary/aromatic N) is 1. The van der Waals surface area contributed by atoms with E-state index in [-0.39, 0.29) is 5.97 Å². The van der Waals surface area contributed by atoms with Crippen LogP contribution in [0.5, 0.6) is 0 Å². The fraction of sp³-hybridized carbons (Fsp3) is 0.231. The fourth-order valence-electron chi connectivity index (χ4n) is 1.66. The van der Waals surface area contributed by atoms with Crippen molar-refractivity contribution < 1.29 is 9.53 Å². The molecule has 0 unspecified atom stereocenters. The summed E-state index contributed by atoms with van der Waals surface area (Å²) in [6.07, 6.45) is 3.45. The summed E-state index contributed by atoms with van der Waals surface area (Å²) in [6, 6.07) is 5.61. The van der Waals surface area contributed by atoms with Crippen molar-refractivity contribution in [1.82, 2.24) is 9.97 Å². The molecule has 0 saturated heterocycles. The summed E-state index contributed by atoms with van der Waals surface area (Å²) in [5.41, 5.74) is 2.28. The second-order valence-corrected chi connectivity index (χ2v) is 3.93. The zero-order valence-corrected chi connectivity index (χ0v) is 10.4. The maximum atomic E-state index is 11.7. The van der Waals surface area contributed by atoms with E-state index >= 15 is 0 Å². The van der Waals surface area contributed by atoms with Crippen LogP contribution < -0.4 is 5.32 Å². The SMILES string of the molecule is COC(=O)c1cc(C)ccc1NCc1ncc[nH]1. The number of anilines is 1. The minimum absolute atomic E-state index is 0.347. The molecule has 2 N–H and O–H groups in total. The molecule has 0 amide bonds. The van der Waals surface area contributed by atoms with Crippen molar-refractivity contribution in [2.75, 3.05) is 12.4 Å². The third-order valence-electron chi connectivity index (χ3n) is 2.58. The third kappa shape index (κ3) is 2.68. The van der Waals surface area contributed by atoms with E-state index in [1.54, 1.807) is 18.5 Å². The van der Waals surface area contributed by atoms with Crippen molar-refractivity contribution in [3.05, 3.63) is 47.5 Å². The van der Waals surface area contributed by atoms with Gasteiger partial charge in [0.2, 0.25) is 0 Å². The average molecular weight is 245 g/mol. The van der Waals surface area contributed by atoms with E-state index in [1.165, 1.54) is 7.11 Å². The van der Waals surface area contributed by atoms with Crippen molar-refractivity contribution >= 4 is 11.7 Å². The molecule has 0 atom stereocenters. The first-order valence-electron chi connectivity index (χ1n) is 5.62. The average Bonchev–Trinajstić information content (AvgIpc) is 2.89. The second-order valence-electron chi connectivity index (χ2n) is 3.93. The maximum absolute atomic E-state index is 11.7. The summed E-state index contributed by atoms with van der Waals surface area (Å²) in [7, 11) is 1.38. The first-order chi connectivity index (χ1) is 8.70. The molecule has 0 aliphatic heterocycles. The van der Waals surface area contributed by atoms with Crippen LogP contribution in [0.15, 0.2) is 30.6 Å². The molecule has 5 nitrogen and oxygen atoms in total. The maximum Gasteiger partial charge on any atom is 0.339 e. The van der Waals surface area contributed by atoms with Gasteiger partial charge in [-0.05, 0) is 19.1 Å². The normalized spacial score (nSPS) is 10.1. The highest BCUT2D eigenvalue weighted by Crippen LogP contribution is 2.18. The molecule has 0 radical (unpaired) electrons. The first-order valence-corrected chi connectivity index (χ1v) is 5.62. The molecule has 0 aliphatic carbocycles. The van der Waals surface area contributed by atoms with Gasteiger partial charge in [0.15, 0.2) is 0 Å². The summed E-state index contributed by atoms with van der Waals surface area (Å²) in [6.45, 7) is 2.46. The zero-order chi connectivity index (χ0) is 13.0. The molecule has 1 aromatic carbocycles. The molecule has 0 fully saturated rings. The van der Waals surface area contributed by atoms with Crippen LogP contribution in [0.25, 0.3) is 0 Å². The number of hydrogen-bond acceptors (Lipinski definition) is 4. The molecule has 0 bridgehead atoms. The number of aromatic amines is 1. The van der Waals surface area contributed by atoms with Gasteiger partial charge in [-0.1, -0.05) is 11.6 Å². The Hall–Kier alpha value is -2.30. The highest BCUT2D eigenvalue weighted by Gasteiger charge is 2.11. The van der Waals surface area contributed by atoms with Crippen molar-refractivity contribution in [2.45, 2.75) is 13.5 Å². The molecule has 1 aromatic heterocycles. The van der Waals surface area contributed by atoms with E-state index in [2.05, 4.69) is 15.3 Å². The lowest BCUT2D eigenvalue weighted by molar-refractivity contribution is 0.0601. The van der Waals surface area contributed by atoms with Crippen molar-refractivity contribution in [1.29, 1.82) is 0 Å². The molecule has 2 rings (SSSR count). The number of benzene rings is 1. The number of ether oxygens (including phenoxy) is 1. The van der Waals surface area contributed by atoms with Gasteiger partial charge in [-0.15, -0.1) is 0 Å². The zero-order valence-electron chi connectivity index (χ0n) is 10.4. The van der Waals surface area contributed by atoms with E-state index in [9.17, 15) is 4.79 Å². The predicted molar refractivity (Wildman–Crippen MR) is 68.4 cm³/mol. The van der Waals surface area contributed by atoms with E-state index in [1.807, 2.05) is 19.1 Å². The molecule has 1 heterocycles. The summed E-state index contributed by atoms with van der Waals surface area (Å²) < 4.78 is 4.77. The number of aryl methyl sites for hydroxylation is 1. The fourth-order valence-corrected chi connectivity index (χ4v) is 1.66. The number of aromatic nitrogens is 2. The molecule has 94 valence electrons. The summed E-state index contributed by atoms with van der Waals surface area (Å²) in [4.78, 5) is 18.8. The Balaban J connectivity index is 2.18. The highest BCUT2D eigenvalue weighted by atomic mass is 16.5. The van der Waals surface area contributed by atoms with E-state index in [0.717, 1.165) is 17.1 Å². The molecule has 2 aromatic rings. The quantitative estimate of drug-likeness (QED) is 0.810. The standard InChI is InChI=1S/C13H15N3O2/c1-9-3-4-11(10(7-9)13(17)18-2)16-8-12-14-5-6-15-12/h3-7,16H,8H2,1-2H3,(H,14,15). The van der Waals surface area contributed by atoms with Crippen LogP contribution in [-0.2, 0) is 11.3 Å². The van der Waals surface area contributed by atoms with Gasteiger partial charge in [0, 0.05) is 18.1 Å². The Morgan fingerprint density at radius 1 is 1.50 bits per heavy atom. The van der Waals surface area contributed by atoms with E-state index < -0.39 is 0 Å². The van der Waals surface area contributed by atoms with Crippen molar-refractivity contribution in [2.24, 2.45) is 0 Å². The topological polar surface area (TPSA) is 67.0 Å². The minimum Gasteiger partial charge on any atom is -0.465 e. The number of esters is 1. The highest BCUT2D eigenvalue weighted by molar-refractivity contribution is 5.95. The van der Waals surface area contributed by atoms with Gasteiger partial charge >= 0.3 is 5.97 Å². The smallest absolute Gasteiger partial charge is 0.339 e. The van der Waals surface area contributed by atoms with Gasteiger partial charge in [-0.2, -0.15) is 0 Å². The van der Waals surface area contributed by atoms with Gasteiger partial charge in [0.1, 0.15) is 5.82 Å². The lowest BCUT2D eigenvalue weighted by atomic mass is 10.1. The van der Waals surface area contributed by atoms with Crippen LogP contribution in [0.3, 0.4) is 0 Å². The lowest BCUT2D eigenvalue weighted by Crippen LogP contribution is -2.09. The molecule has 18 heavy (non-hydrogen) atoms. The number of H-pyrrole nitrogens is 1. The van der Waals surface area contributed by atoms with Crippen LogP contribution >= 0.6 is 0 Å². The van der Waals surface area contributed by atoms with Gasteiger partial charge in [0.25, 0.3) is 0 Å². The van der Waals surface area contributed by atoms with Crippen molar-refractivity contribution in [3.8, 4) is 0 Å². The Morgan fingerprint density at radius 3 is 3.00 bits per heavy atom. The summed E-state index contributed by atoms with van der Waals surface area (Å²) >= 11 is 0. The third-order valence-corrected chi connectivity index (χ3v) is 2.58. The molecule has 0 saturated carbocycles.